The monoisotopic (exact) mass is 238 g/mol. The van der Waals surface area contributed by atoms with Gasteiger partial charge in [-0.15, -0.1) is 0 Å². The van der Waals surface area contributed by atoms with Gasteiger partial charge in [0.25, 0.3) is 0 Å². The predicted molar refractivity (Wildman–Crippen MR) is 57.3 cm³/mol. The Bertz CT molecular complexity index is 395. The first-order valence-electron chi connectivity index (χ1n) is 5.58. The molecule has 5 nitrogen and oxygen atoms in total. The molecule has 0 saturated heterocycles. The lowest BCUT2D eigenvalue weighted by molar-refractivity contribution is -0.150. The van der Waals surface area contributed by atoms with Crippen LogP contribution in [0.15, 0.2) is 22.8 Å². The molecule has 0 bridgehead atoms. The van der Waals surface area contributed by atoms with Crippen molar-refractivity contribution in [2.24, 2.45) is 0 Å². The third-order valence-electron chi connectivity index (χ3n) is 2.69. The molecule has 2 atom stereocenters. The van der Waals surface area contributed by atoms with Crippen LogP contribution in [0.1, 0.15) is 36.7 Å². The van der Waals surface area contributed by atoms with Gasteiger partial charge in [-0.05, 0) is 31.4 Å². The van der Waals surface area contributed by atoms with Gasteiger partial charge in [0, 0.05) is 6.92 Å². The Morgan fingerprint density at radius 3 is 2.59 bits per heavy atom. The Balaban J connectivity index is 1.93. The summed E-state index contributed by atoms with van der Waals surface area (Å²) in [5.74, 6) is -0.700. The lowest BCUT2D eigenvalue weighted by Crippen LogP contribution is -2.29. The fourth-order valence-corrected chi connectivity index (χ4v) is 1.97. The zero-order valence-corrected chi connectivity index (χ0v) is 9.55. The predicted octanol–water partition coefficient (Wildman–Crippen LogP) is 1.92. The van der Waals surface area contributed by atoms with E-state index in [0.29, 0.717) is 6.42 Å². The van der Waals surface area contributed by atoms with E-state index in [0.717, 1.165) is 12.8 Å². The largest absolute Gasteiger partial charge is 0.459 e. The van der Waals surface area contributed by atoms with E-state index in [2.05, 4.69) is 0 Å². The Morgan fingerprint density at radius 1 is 1.29 bits per heavy atom. The molecule has 2 rings (SSSR count). The summed E-state index contributed by atoms with van der Waals surface area (Å²) in [6.07, 6.45) is 3.05. The van der Waals surface area contributed by atoms with Crippen LogP contribution in [0.3, 0.4) is 0 Å². The molecule has 0 aromatic carbocycles. The molecular weight excluding hydrogens is 224 g/mol. The maximum atomic E-state index is 11.6. The highest BCUT2D eigenvalue weighted by molar-refractivity contribution is 5.86. The lowest BCUT2D eigenvalue weighted by Gasteiger charge is -2.19. The molecule has 0 spiro atoms. The third-order valence-corrected chi connectivity index (χ3v) is 2.69. The van der Waals surface area contributed by atoms with Crippen molar-refractivity contribution in [2.75, 3.05) is 0 Å². The Labute approximate surface area is 98.7 Å². The summed E-state index contributed by atoms with van der Waals surface area (Å²) in [5, 5.41) is 0. The third kappa shape index (κ3) is 2.87. The van der Waals surface area contributed by atoms with Gasteiger partial charge in [0.1, 0.15) is 12.2 Å². The Morgan fingerprint density at radius 2 is 2.00 bits per heavy atom. The van der Waals surface area contributed by atoms with Crippen molar-refractivity contribution < 1.29 is 23.5 Å². The van der Waals surface area contributed by atoms with E-state index in [-0.39, 0.29) is 23.9 Å². The first-order valence-corrected chi connectivity index (χ1v) is 5.58. The number of carbonyl (C=O) groups excluding carboxylic acids is 2. The van der Waals surface area contributed by atoms with Gasteiger partial charge < -0.3 is 13.9 Å². The number of ether oxygens (including phenoxy) is 2. The van der Waals surface area contributed by atoms with Crippen LogP contribution in [0.4, 0.5) is 0 Å². The second-order valence-corrected chi connectivity index (χ2v) is 4.00. The normalized spacial score (nSPS) is 23.4. The van der Waals surface area contributed by atoms with Crippen LogP contribution in [0.25, 0.3) is 0 Å². The first-order chi connectivity index (χ1) is 8.16. The summed E-state index contributed by atoms with van der Waals surface area (Å²) in [6, 6.07) is 3.16. The summed E-state index contributed by atoms with van der Waals surface area (Å²) in [4.78, 5) is 22.5. The molecule has 0 radical (unpaired) electrons. The van der Waals surface area contributed by atoms with Crippen molar-refractivity contribution in [3.05, 3.63) is 24.2 Å². The number of hydrogen-bond donors (Lipinski definition) is 0. The molecule has 1 aliphatic carbocycles. The molecular formula is C12H14O5. The van der Waals surface area contributed by atoms with E-state index in [1.54, 1.807) is 6.07 Å². The molecule has 1 fully saturated rings. The minimum absolute atomic E-state index is 0.165. The fraction of sp³-hybridized carbons (Fsp3) is 0.500. The van der Waals surface area contributed by atoms with E-state index in [1.807, 2.05) is 0 Å². The summed E-state index contributed by atoms with van der Waals surface area (Å²) in [5.41, 5.74) is 0. The average Bonchev–Trinajstić information content (AvgIpc) is 2.89. The fourth-order valence-electron chi connectivity index (χ4n) is 1.97. The zero-order chi connectivity index (χ0) is 12.3. The molecule has 1 aromatic rings. The first kappa shape index (κ1) is 11.7. The number of furan rings is 1. The number of carbonyl (C=O) groups is 2. The number of rotatable bonds is 3. The van der Waals surface area contributed by atoms with Crippen LogP contribution in [0, 0.1) is 0 Å². The van der Waals surface area contributed by atoms with Gasteiger partial charge in [-0.1, -0.05) is 0 Å². The topological polar surface area (TPSA) is 65.7 Å². The van der Waals surface area contributed by atoms with Crippen molar-refractivity contribution in [2.45, 2.75) is 38.4 Å². The standard InChI is InChI=1S/C12H14O5/c1-8(13)16-9-4-2-5-10(9)17-12(14)11-6-3-7-15-11/h3,6-7,9-10H,2,4-5H2,1H3/t9-,10+/m0/s1. The van der Waals surface area contributed by atoms with E-state index in [1.165, 1.54) is 19.3 Å². The second kappa shape index (κ2) is 5.03. The van der Waals surface area contributed by atoms with Crippen LogP contribution in [0.2, 0.25) is 0 Å². The minimum Gasteiger partial charge on any atom is -0.459 e. The van der Waals surface area contributed by atoms with E-state index in [9.17, 15) is 9.59 Å². The molecule has 1 saturated carbocycles. The van der Waals surface area contributed by atoms with Crippen LogP contribution < -0.4 is 0 Å². The SMILES string of the molecule is CC(=O)O[C@H]1CCC[C@H]1OC(=O)c1ccco1. The summed E-state index contributed by atoms with van der Waals surface area (Å²) in [6.45, 7) is 1.35. The maximum absolute atomic E-state index is 11.6. The van der Waals surface area contributed by atoms with Gasteiger partial charge in [-0.3, -0.25) is 4.79 Å². The number of esters is 2. The van der Waals surface area contributed by atoms with Crippen LogP contribution in [0.5, 0.6) is 0 Å². The van der Waals surface area contributed by atoms with E-state index >= 15 is 0 Å². The molecule has 1 aromatic heterocycles. The van der Waals surface area contributed by atoms with Gasteiger partial charge in [0.15, 0.2) is 0 Å². The number of hydrogen-bond acceptors (Lipinski definition) is 5. The Kier molecular flexibility index (Phi) is 3.46. The molecule has 1 heterocycles. The molecule has 0 unspecified atom stereocenters. The van der Waals surface area contributed by atoms with Gasteiger partial charge in [-0.2, -0.15) is 0 Å². The average molecular weight is 238 g/mol. The second-order valence-electron chi connectivity index (χ2n) is 4.00. The molecule has 17 heavy (non-hydrogen) atoms. The van der Waals surface area contributed by atoms with Crippen molar-refractivity contribution in [3.8, 4) is 0 Å². The summed E-state index contributed by atoms with van der Waals surface area (Å²) >= 11 is 0. The maximum Gasteiger partial charge on any atom is 0.374 e. The minimum atomic E-state index is -0.515. The van der Waals surface area contributed by atoms with E-state index < -0.39 is 5.97 Å². The van der Waals surface area contributed by atoms with E-state index in [4.69, 9.17) is 13.9 Å². The van der Waals surface area contributed by atoms with Crippen molar-refractivity contribution >= 4 is 11.9 Å². The molecule has 0 aliphatic heterocycles. The summed E-state index contributed by atoms with van der Waals surface area (Å²) < 4.78 is 15.3. The summed E-state index contributed by atoms with van der Waals surface area (Å²) in [7, 11) is 0. The molecule has 0 N–H and O–H groups in total. The molecule has 92 valence electrons. The van der Waals surface area contributed by atoms with Crippen molar-refractivity contribution in [1.29, 1.82) is 0 Å². The lowest BCUT2D eigenvalue weighted by atomic mass is 10.2. The Hall–Kier alpha value is -1.78. The quantitative estimate of drug-likeness (QED) is 0.752. The van der Waals surface area contributed by atoms with Gasteiger partial charge in [-0.25, -0.2) is 4.79 Å². The van der Waals surface area contributed by atoms with Crippen molar-refractivity contribution in [1.82, 2.24) is 0 Å². The smallest absolute Gasteiger partial charge is 0.374 e. The highest BCUT2D eigenvalue weighted by Gasteiger charge is 2.33. The van der Waals surface area contributed by atoms with Crippen LogP contribution in [-0.2, 0) is 14.3 Å². The van der Waals surface area contributed by atoms with Gasteiger partial charge >= 0.3 is 11.9 Å². The highest BCUT2D eigenvalue weighted by Crippen LogP contribution is 2.26. The van der Waals surface area contributed by atoms with Gasteiger partial charge in [0.2, 0.25) is 5.76 Å². The van der Waals surface area contributed by atoms with Crippen LogP contribution in [-0.4, -0.2) is 24.1 Å². The van der Waals surface area contributed by atoms with Crippen molar-refractivity contribution in [3.63, 3.8) is 0 Å². The van der Waals surface area contributed by atoms with Gasteiger partial charge in [0.05, 0.1) is 6.26 Å². The van der Waals surface area contributed by atoms with Crippen LogP contribution >= 0.6 is 0 Å². The molecule has 5 heteroatoms. The highest BCUT2D eigenvalue weighted by atomic mass is 16.6. The molecule has 1 aliphatic rings. The zero-order valence-electron chi connectivity index (χ0n) is 9.55. The molecule has 0 amide bonds.